The van der Waals surface area contributed by atoms with Crippen LogP contribution in [0.4, 0.5) is 0 Å². The fraction of sp³-hybridized carbons (Fsp3) is 0.714. The molecule has 0 radical (unpaired) electrons. The molecule has 1 saturated heterocycles. The third-order valence-corrected chi connectivity index (χ3v) is 11.6. The van der Waals surface area contributed by atoms with Crippen LogP contribution in [0.25, 0.3) is 0 Å². The Morgan fingerprint density at radius 3 is 2.42 bits per heavy atom. The standard InChI is InChI=1S/C28H36O5/c1-24-14-20(21(15-24)33-23(30)27(24,4)31)28(32)13-11-18-17-9-8-16-6-5-7-22(29)26(16,3)19(17)10-12-25(18,28)2/h5-9,17-21,31-32H,10-15H2,1-4H3/t17-,18-,19-,20+,21+,24+,25-,26-,27-,28+/m0/s1. The quantitative estimate of drug-likeness (QED) is 0.590. The average molecular weight is 453 g/mol. The predicted octanol–water partition coefficient (Wildman–Crippen LogP) is 3.89. The smallest absolute Gasteiger partial charge is 0.338 e. The SMILES string of the molecule is C[C@]12C(=O)C=CC=C1C=C[C@@H]1[C@@H]2CC[C@@]2(C)[C@H]1CC[C@@]2(O)[C@@H]1C[C@]2(C)C[C@H]1OC(=O)[C@]2(C)O. The van der Waals surface area contributed by atoms with E-state index in [4.69, 9.17) is 4.74 Å². The van der Waals surface area contributed by atoms with E-state index in [9.17, 15) is 19.8 Å². The molecule has 0 aromatic heterocycles. The molecule has 1 aliphatic heterocycles. The molecule has 178 valence electrons. The molecule has 0 amide bonds. The molecule has 2 N–H and O–H groups in total. The Labute approximate surface area is 196 Å². The second-order valence-corrected chi connectivity index (χ2v) is 12.7. The average Bonchev–Trinajstić information content (AvgIpc) is 3.22. The Balaban J connectivity index is 1.36. The second kappa shape index (κ2) is 6.28. The van der Waals surface area contributed by atoms with Crippen LogP contribution in [0.3, 0.4) is 0 Å². The van der Waals surface area contributed by atoms with E-state index in [0.717, 1.165) is 24.8 Å². The lowest BCUT2D eigenvalue weighted by Crippen LogP contribution is -2.58. The molecule has 5 aliphatic carbocycles. The Morgan fingerprint density at radius 2 is 1.67 bits per heavy atom. The molecule has 10 atom stereocenters. The van der Waals surface area contributed by atoms with Crippen LogP contribution in [0.15, 0.2) is 36.0 Å². The first kappa shape index (κ1) is 21.8. The van der Waals surface area contributed by atoms with Gasteiger partial charge in [-0.3, -0.25) is 4.79 Å². The van der Waals surface area contributed by atoms with Gasteiger partial charge in [0.25, 0.3) is 0 Å². The van der Waals surface area contributed by atoms with Gasteiger partial charge in [-0.1, -0.05) is 38.2 Å². The van der Waals surface area contributed by atoms with E-state index in [1.165, 1.54) is 0 Å². The van der Waals surface area contributed by atoms with Gasteiger partial charge in [-0.15, -0.1) is 0 Å². The van der Waals surface area contributed by atoms with Crippen LogP contribution >= 0.6 is 0 Å². The maximum absolute atomic E-state index is 13.1. The van der Waals surface area contributed by atoms with Crippen molar-refractivity contribution in [3.05, 3.63) is 36.0 Å². The first-order valence-electron chi connectivity index (χ1n) is 12.7. The van der Waals surface area contributed by atoms with Gasteiger partial charge in [0.15, 0.2) is 11.4 Å². The van der Waals surface area contributed by atoms with Gasteiger partial charge >= 0.3 is 5.97 Å². The van der Waals surface area contributed by atoms with Crippen LogP contribution in [-0.2, 0) is 14.3 Å². The number of ketones is 1. The van der Waals surface area contributed by atoms with E-state index in [2.05, 4.69) is 32.1 Å². The minimum absolute atomic E-state index is 0.176. The van der Waals surface area contributed by atoms with Crippen molar-refractivity contribution in [3.63, 3.8) is 0 Å². The molecular weight excluding hydrogens is 416 g/mol. The van der Waals surface area contributed by atoms with Crippen molar-refractivity contribution in [2.45, 2.75) is 83.5 Å². The first-order valence-corrected chi connectivity index (χ1v) is 12.7. The van der Waals surface area contributed by atoms with Crippen molar-refractivity contribution in [2.24, 2.45) is 39.9 Å². The van der Waals surface area contributed by atoms with Crippen molar-refractivity contribution in [3.8, 4) is 0 Å². The van der Waals surface area contributed by atoms with Gasteiger partial charge in [-0.2, -0.15) is 0 Å². The summed E-state index contributed by atoms with van der Waals surface area (Å²) < 4.78 is 5.76. The van der Waals surface area contributed by atoms with Gasteiger partial charge in [-0.05, 0) is 81.8 Å². The van der Waals surface area contributed by atoms with E-state index in [-0.39, 0.29) is 41.0 Å². The predicted molar refractivity (Wildman–Crippen MR) is 123 cm³/mol. The number of fused-ring (bicyclic) bond motifs is 7. The monoisotopic (exact) mass is 452 g/mol. The van der Waals surface area contributed by atoms with Gasteiger partial charge in [-0.25, -0.2) is 4.79 Å². The summed E-state index contributed by atoms with van der Waals surface area (Å²) in [4.78, 5) is 25.7. The van der Waals surface area contributed by atoms with E-state index < -0.39 is 28.0 Å². The van der Waals surface area contributed by atoms with Gasteiger partial charge < -0.3 is 14.9 Å². The molecule has 0 aromatic rings. The molecule has 4 fully saturated rings. The highest BCUT2D eigenvalue weighted by Crippen LogP contribution is 2.70. The molecule has 6 aliphatic rings. The van der Waals surface area contributed by atoms with Crippen molar-refractivity contribution >= 4 is 11.8 Å². The number of hydrogen-bond donors (Lipinski definition) is 2. The third-order valence-electron chi connectivity index (χ3n) is 11.6. The molecule has 5 nitrogen and oxygen atoms in total. The molecular formula is C28H36O5. The minimum Gasteiger partial charge on any atom is -0.460 e. The lowest BCUT2D eigenvalue weighted by atomic mass is 9.47. The number of carbonyl (C=O) groups is 2. The van der Waals surface area contributed by atoms with E-state index in [1.807, 2.05) is 13.0 Å². The van der Waals surface area contributed by atoms with E-state index in [0.29, 0.717) is 19.3 Å². The largest absolute Gasteiger partial charge is 0.460 e. The summed E-state index contributed by atoms with van der Waals surface area (Å²) in [5.41, 5.74) is -2.75. The fourth-order valence-electron chi connectivity index (χ4n) is 9.15. The Morgan fingerprint density at radius 1 is 0.939 bits per heavy atom. The number of allylic oxidation sites excluding steroid dienone is 6. The zero-order valence-electron chi connectivity index (χ0n) is 20.1. The number of carbonyl (C=O) groups excluding carboxylic acids is 2. The van der Waals surface area contributed by atoms with Crippen LogP contribution in [0.2, 0.25) is 0 Å². The summed E-state index contributed by atoms with van der Waals surface area (Å²) in [5.74, 6) is 0.233. The Hall–Kier alpha value is -1.72. The highest BCUT2D eigenvalue weighted by atomic mass is 16.6. The maximum atomic E-state index is 13.1. The molecule has 0 spiro atoms. The van der Waals surface area contributed by atoms with Crippen LogP contribution in [0.1, 0.15) is 66.2 Å². The van der Waals surface area contributed by atoms with Crippen molar-refractivity contribution < 1.29 is 24.5 Å². The highest BCUT2D eigenvalue weighted by molar-refractivity contribution is 5.99. The highest BCUT2D eigenvalue weighted by Gasteiger charge is 2.72. The van der Waals surface area contributed by atoms with Gasteiger partial charge in [0, 0.05) is 16.7 Å². The molecule has 33 heavy (non-hydrogen) atoms. The van der Waals surface area contributed by atoms with Crippen LogP contribution in [0.5, 0.6) is 0 Å². The molecule has 0 unspecified atom stereocenters. The molecule has 2 bridgehead atoms. The molecule has 5 heteroatoms. The summed E-state index contributed by atoms with van der Waals surface area (Å²) in [6.07, 6.45) is 14.3. The summed E-state index contributed by atoms with van der Waals surface area (Å²) in [6, 6.07) is 0. The number of esters is 1. The number of ether oxygens (including phenoxy) is 1. The molecule has 6 rings (SSSR count). The number of hydrogen-bond acceptors (Lipinski definition) is 5. The zero-order chi connectivity index (χ0) is 23.6. The summed E-state index contributed by atoms with van der Waals surface area (Å²) in [6.45, 7) is 7.88. The molecule has 1 heterocycles. The van der Waals surface area contributed by atoms with Gasteiger partial charge in [0.1, 0.15) is 6.10 Å². The summed E-state index contributed by atoms with van der Waals surface area (Å²) >= 11 is 0. The van der Waals surface area contributed by atoms with Gasteiger partial charge in [0.2, 0.25) is 0 Å². The topological polar surface area (TPSA) is 83.8 Å². The van der Waals surface area contributed by atoms with E-state index in [1.54, 1.807) is 13.0 Å². The lowest BCUT2D eigenvalue weighted by Gasteiger charge is -2.57. The third kappa shape index (κ3) is 2.36. The number of rotatable bonds is 1. The fourth-order valence-corrected chi connectivity index (χ4v) is 9.15. The summed E-state index contributed by atoms with van der Waals surface area (Å²) in [7, 11) is 0. The van der Waals surface area contributed by atoms with Gasteiger partial charge in [0.05, 0.1) is 11.0 Å². The van der Waals surface area contributed by atoms with Crippen LogP contribution < -0.4 is 0 Å². The second-order valence-electron chi connectivity index (χ2n) is 12.7. The lowest BCUT2D eigenvalue weighted by molar-refractivity contribution is -0.199. The molecule has 3 saturated carbocycles. The maximum Gasteiger partial charge on any atom is 0.338 e. The van der Waals surface area contributed by atoms with Crippen molar-refractivity contribution in [2.75, 3.05) is 0 Å². The Bertz CT molecular complexity index is 1040. The van der Waals surface area contributed by atoms with Crippen molar-refractivity contribution in [1.29, 1.82) is 0 Å². The van der Waals surface area contributed by atoms with Crippen molar-refractivity contribution in [1.82, 2.24) is 0 Å². The van der Waals surface area contributed by atoms with Crippen LogP contribution in [-0.4, -0.2) is 39.3 Å². The Kier molecular flexibility index (Phi) is 4.15. The van der Waals surface area contributed by atoms with Crippen LogP contribution in [0, 0.1) is 39.9 Å². The molecule has 0 aromatic carbocycles. The normalized spacial score (nSPS) is 56.7. The summed E-state index contributed by atoms with van der Waals surface area (Å²) in [5, 5.41) is 23.4. The van der Waals surface area contributed by atoms with E-state index >= 15 is 0 Å². The first-order chi connectivity index (χ1) is 15.4. The zero-order valence-corrected chi connectivity index (χ0v) is 20.1. The number of aliphatic hydroxyl groups is 2. The minimum atomic E-state index is -1.52.